The number of rotatable bonds is 5. The van der Waals surface area contributed by atoms with Crippen molar-refractivity contribution in [1.29, 1.82) is 5.26 Å². The lowest BCUT2D eigenvalue weighted by atomic mass is 9.96. The van der Waals surface area contributed by atoms with Gasteiger partial charge in [-0.25, -0.2) is 15.0 Å². The van der Waals surface area contributed by atoms with Gasteiger partial charge in [-0.3, -0.25) is 4.79 Å². The highest BCUT2D eigenvalue weighted by molar-refractivity contribution is 5.76. The van der Waals surface area contributed by atoms with Gasteiger partial charge in [-0.2, -0.15) is 5.26 Å². The Hall–Kier alpha value is -3.89. The van der Waals surface area contributed by atoms with Crippen molar-refractivity contribution in [1.82, 2.24) is 19.9 Å². The zero-order chi connectivity index (χ0) is 25.6. The van der Waals surface area contributed by atoms with E-state index in [1.54, 1.807) is 12.3 Å². The molecule has 3 aliphatic heterocycles. The van der Waals surface area contributed by atoms with E-state index in [9.17, 15) is 10.1 Å². The number of ether oxygens (including phenoxy) is 3. The van der Waals surface area contributed by atoms with Gasteiger partial charge in [0, 0.05) is 51.6 Å². The quantitative estimate of drug-likeness (QED) is 0.568. The Morgan fingerprint density at radius 3 is 2.86 bits per heavy atom. The van der Waals surface area contributed by atoms with Gasteiger partial charge >= 0.3 is 0 Å². The molecule has 2 aromatic rings. The molecule has 0 aromatic carbocycles. The van der Waals surface area contributed by atoms with E-state index >= 15 is 0 Å². The molecule has 2 aromatic heterocycles. The van der Waals surface area contributed by atoms with Gasteiger partial charge in [0.05, 0.1) is 36.8 Å². The molecule has 192 valence electrons. The van der Waals surface area contributed by atoms with Crippen molar-refractivity contribution < 1.29 is 19.0 Å². The SMILES string of the molecule is COc1ncc(N2CCc3ncnc(OC#CC4CCN(C(=O)CC5CCOCC5)C4)c3C2)cc1C#N. The molecule has 1 atom stereocenters. The third-order valence-corrected chi connectivity index (χ3v) is 7.23. The minimum Gasteiger partial charge on any atom is -0.480 e. The average Bonchev–Trinajstić information content (AvgIpc) is 3.42. The molecule has 5 rings (SSSR count). The minimum absolute atomic E-state index is 0.0857. The number of anilines is 1. The molecular formula is C27H30N6O4. The monoisotopic (exact) mass is 502 g/mol. The summed E-state index contributed by atoms with van der Waals surface area (Å²) < 4.78 is 16.4. The van der Waals surface area contributed by atoms with Crippen molar-refractivity contribution in [2.24, 2.45) is 11.8 Å². The second kappa shape index (κ2) is 11.4. The Morgan fingerprint density at radius 2 is 2.05 bits per heavy atom. The van der Waals surface area contributed by atoms with Crippen LogP contribution in [0.5, 0.6) is 11.8 Å². The highest BCUT2D eigenvalue weighted by Crippen LogP contribution is 2.30. The molecular weight excluding hydrogens is 472 g/mol. The lowest BCUT2D eigenvalue weighted by Crippen LogP contribution is -2.31. The van der Waals surface area contributed by atoms with Crippen molar-refractivity contribution in [3.63, 3.8) is 0 Å². The van der Waals surface area contributed by atoms with Crippen LogP contribution in [0.4, 0.5) is 5.69 Å². The maximum absolute atomic E-state index is 12.7. The van der Waals surface area contributed by atoms with Crippen LogP contribution in [0.3, 0.4) is 0 Å². The molecule has 37 heavy (non-hydrogen) atoms. The number of carbonyl (C=O) groups excluding carboxylic acids is 1. The fraction of sp³-hybridized carbons (Fsp3) is 0.519. The molecule has 0 saturated carbocycles. The first kappa shape index (κ1) is 24.8. The number of nitrogens with zero attached hydrogens (tertiary/aromatic N) is 6. The maximum atomic E-state index is 12.7. The first-order chi connectivity index (χ1) is 18.1. The molecule has 5 heterocycles. The normalized spacial score (nSPS) is 19.4. The average molecular weight is 503 g/mol. The van der Waals surface area contributed by atoms with Crippen LogP contribution in [0.2, 0.25) is 0 Å². The summed E-state index contributed by atoms with van der Waals surface area (Å²) in [4.78, 5) is 29.7. The van der Waals surface area contributed by atoms with Gasteiger partial charge in [-0.1, -0.05) is 5.92 Å². The second-order valence-corrected chi connectivity index (χ2v) is 9.57. The lowest BCUT2D eigenvalue weighted by molar-refractivity contribution is -0.131. The molecule has 10 heteroatoms. The standard InChI is InChI=1S/C27H30N6O4/c1-35-26-21(14-28)13-22(15-29-26)32-8-3-24-23(17-32)27(31-18-30-24)37-11-6-20-2-7-33(16-20)25(34)12-19-4-9-36-10-5-19/h13,15,18-20H,2-5,7-10,12,16-17H2,1H3. The highest BCUT2D eigenvalue weighted by atomic mass is 16.5. The Balaban J connectivity index is 1.20. The summed E-state index contributed by atoms with van der Waals surface area (Å²) in [6, 6.07) is 3.90. The first-order valence-corrected chi connectivity index (χ1v) is 12.7. The van der Waals surface area contributed by atoms with Crippen LogP contribution in [0.1, 0.15) is 42.5 Å². The number of methoxy groups -OCH3 is 1. The summed E-state index contributed by atoms with van der Waals surface area (Å²) in [6.07, 6.45) is 10.1. The Bertz CT molecular complexity index is 1240. The number of hydrogen-bond donors (Lipinski definition) is 0. The van der Waals surface area contributed by atoms with E-state index in [0.717, 1.165) is 62.5 Å². The number of fused-ring (bicyclic) bond motifs is 1. The zero-order valence-corrected chi connectivity index (χ0v) is 21.0. The van der Waals surface area contributed by atoms with Crippen molar-refractivity contribution in [2.75, 3.05) is 44.9 Å². The van der Waals surface area contributed by atoms with Crippen molar-refractivity contribution in [2.45, 2.75) is 38.6 Å². The smallest absolute Gasteiger partial charge is 0.239 e. The molecule has 10 nitrogen and oxygen atoms in total. The Morgan fingerprint density at radius 1 is 1.19 bits per heavy atom. The molecule has 0 N–H and O–H groups in total. The number of aromatic nitrogens is 3. The molecule has 0 bridgehead atoms. The van der Waals surface area contributed by atoms with Crippen molar-refractivity contribution in [3.05, 3.63) is 35.4 Å². The van der Waals surface area contributed by atoms with E-state index in [1.165, 1.54) is 13.4 Å². The summed E-state index contributed by atoms with van der Waals surface area (Å²) in [5.41, 5.74) is 3.00. The number of hydrogen-bond acceptors (Lipinski definition) is 9. The number of pyridine rings is 1. The minimum atomic E-state index is 0.0857. The lowest BCUT2D eigenvalue weighted by Gasteiger charge is -2.30. The van der Waals surface area contributed by atoms with E-state index in [-0.39, 0.29) is 11.8 Å². The summed E-state index contributed by atoms with van der Waals surface area (Å²) in [5, 5.41) is 9.41. The van der Waals surface area contributed by atoms with Gasteiger partial charge in [0.1, 0.15) is 24.1 Å². The fourth-order valence-corrected chi connectivity index (χ4v) is 5.07. The van der Waals surface area contributed by atoms with E-state index in [4.69, 9.17) is 14.2 Å². The zero-order valence-electron chi connectivity index (χ0n) is 21.0. The summed E-state index contributed by atoms with van der Waals surface area (Å²) in [5.74, 6) is 4.65. The van der Waals surface area contributed by atoms with Crippen LogP contribution in [0, 0.1) is 35.2 Å². The topological polar surface area (TPSA) is 114 Å². The third-order valence-electron chi connectivity index (χ3n) is 7.23. The molecule has 0 aliphatic carbocycles. The number of amides is 1. The summed E-state index contributed by atoms with van der Waals surface area (Å²) in [7, 11) is 1.50. The Kier molecular flexibility index (Phi) is 7.67. The van der Waals surface area contributed by atoms with Crippen LogP contribution in [0.25, 0.3) is 0 Å². The third kappa shape index (κ3) is 5.76. The summed E-state index contributed by atoms with van der Waals surface area (Å²) in [6.45, 7) is 4.13. The highest BCUT2D eigenvalue weighted by Gasteiger charge is 2.28. The van der Waals surface area contributed by atoms with E-state index < -0.39 is 0 Å². The predicted molar refractivity (Wildman–Crippen MR) is 134 cm³/mol. The Labute approximate surface area is 216 Å². The molecule has 2 fully saturated rings. The molecule has 1 unspecified atom stereocenters. The predicted octanol–water partition coefficient (Wildman–Crippen LogP) is 2.32. The largest absolute Gasteiger partial charge is 0.480 e. The van der Waals surface area contributed by atoms with Gasteiger partial charge < -0.3 is 24.0 Å². The van der Waals surface area contributed by atoms with Crippen LogP contribution < -0.4 is 14.4 Å². The van der Waals surface area contributed by atoms with Gasteiger partial charge in [0.2, 0.25) is 17.7 Å². The van der Waals surface area contributed by atoms with Crippen LogP contribution in [-0.2, 0) is 22.5 Å². The second-order valence-electron chi connectivity index (χ2n) is 9.57. The van der Waals surface area contributed by atoms with Crippen LogP contribution in [-0.4, -0.2) is 65.7 Å². The van der Waals surface area contributed by atoms with Crippen LogP contribution >= 0.6 is 0 Å². The van der Waals surface area contributed by atoms with Crippen molar-refractivity contribution in [3.8, 4) is 29.9 Å². The first-order valence-electron chi connectivity index (χ1n) is 12.7. The van der Waals surface area contributed by atoms with Gasteiger partial charge in [-0.05, 0) is 31.2 Å². The van der Waals surface area contributed by atoms with E-state index in [0.29, 0.717) is 49.2 Å². The summed E-state index contributed by atoms with van der Waals surface area (Å²) >= 11 is 0. The molecule has 1 amide bonds. The fourth-order valence-electron chi connectivity index (χ4n) is 5.07. The van der Waals surface area contributed by atoms with E-state index in [2.05, 4.69) is 37.9 Å². The molecule has 2 saturated heterocycles. The number of carbonyl (C=O) groups is 1. The number of likely N-dealkylation sites (tertiary alicyclic amines) is 1. The van der Waals surface area contributed by atoms with Gasteiger partial charge in [0.25, 0.3) is 0 Å². The molecule has 0 radical (unpaired) electrons. The van der Waals surface area contributed by atoms with Crippen LogP contribution in [0.15, 0.2) is 18.6 Å². The van der Waals surface area contributed by atoms with Gasteiger partial charge in [0.15, 0.2) is 0 Å². The molecule has 0 spiro atoms. The van der Waals surface area contributed by atoms with E-state index in [1.807, 2.05) is 4.90 Å². The number of nitriles is 1. The van der Waals surface area contributed by atoms with Crippen molar-refractivity contribution >= 4 is 11.6 Å². The maximum Gasteiger partial charge on any atom is 0.239 e. The van der Waals surface area contributed by atoms with Gasteiger partial charge in [-0.15, -0.1) is 0 Å². The molecule has 3 aliphatic rings.